The molecule has 4 heteroatoms. The summed E-state index contributed by atoms with van der Waals surface area (Å²) in [6, 6.07) is 17.3. The molecule has 0 radical (unpaired) electrons. The topological polar surface area (TPSA) is 37.3 Å². The molecule has 2 aromatic carbocycles. The Morgan fingerprint density at radius 2 is 1.59 bits per heavy atom. The van der Waals surface area contributed by atoms with Crippen molar-refractivity contribution in [2.45, 2.75) is 70.6 Å². The molecular formula is C28H34O2S2. The molecule has 0 unspecified atom stereocenters. The molecule has 0 atom stereocenters. The number of unbranched alkanes of at least 4 members (excludes halogenated alkanes) is 2. The van der Waals surface area contributed by atoms with E-state index in [0.29, 0.717) is 4.88 Å². The van der Waals surface area contributed by atoms with E-state index < -0.39 is 5.97 Å². The lowest BCUT2D eigenvalue weighted by molar-refractivity contribution is 0.0702. The van der Waals surface area contributed by atoms with E-state index >= 15 is 0 Å². The number of benzene rings is 2. The zero-order valence-electron chi connectivity index (χ0n) is 19.8. The third-order valence-corrected chi connectivity index (χ3v) is 7.95. The molecule has 3 rings (SSSR count). The quantitative estimate of drug-likeness (QED) is 0.253. The van der Waals surface area contributed by atoms with Crippen LogP contribution in [-0.4, -0.2) is 16.8 Å². The second-order valence-corrected chi connectivity index (χ2v) is 11.8. The third-order valence-electron chi connectivity index (χ3n) is 5.75. The maximum atomic E-state index is 11.0. The van der Waals surface area contributed by atoms with Crippen LogP contribution in [0, 0.1) is 13.8 Å². The Kier molecular flexibility index (Phi) is 8.24. The molecule has 0 aliphatic carbocycles. The highest BCUT2D eigenvalue weighted by atomic mass is 32.2. The van der Waals surface area contributed by atoms with Crippen LogP contribution in [0.4, 0.5) is 0 Å². The van der Waals surface area contributed by atoms with Gasteiger partial charge < -0.3 is 5.11 Å². The molecule has 0 spiro atoms. The van der Waals surface area contributed by atoms with Gasteiger partial charge in [0.1, 0.15) is 4.88 Å². The molecule has 0 fully saturated rings. The van der Waals surface area contributed by atoms with Gasteiger partial charge in [-0.15, -0.1) is 23.1 Å². The first kappa shape index (κ1) is 24.6. The Morgan fingerprint density at radius 1 is 0.938 bits per heavy atom. The van der Waals surface area contributed by atoms with Crippen molar-refractivity contribution in [2.75, 3.05) is 5.75 Å². The maximum absolute atomic E-state index is 11.0. The van der Waals surface area contributed by atoms with Crippen LogP contribution < -0.4 is 0 Å². The van der Waals surface area contributed by atoms with Crippen molar-refractivity contribution in [3.8, 4) is 11.1 Å². The second kappa shape index (κ2) is 10.7. The predicted molar refractivity (Wildman–Crippen MR) is 140 cm³/mol. The van der Waals surface area contributed by atoms with E-state index in [4.69, 9.17) is 5.11 Å². The number of thioether (sulfide) groups is 1. The molecule has 170 valence electrons. The monoisotopic (exact) mass is 466 g/mol. The van der Waals surface area contributed by atoms with Crippen LogP contribution in [0.25, 0.3) is 11.1 Å². The lowest BCUT2D eigenvalue weighted by Crippen LogP contribution is -2.10. The van der Waals surface area contributed by atoms with Gasteiger partial charge in [0, 0.05) is 9.77 Å². The third kappa shape index (κ3) is 6.49. The normalized spacial score (nSPS) is 11.7. The molecule has 3 aromatic rings. The van der Waals surface area contributed by atoms with E-state index in [0.717, 1.165) is 18.6 Å². The van der Waals surface area contributed by atoms with E-state index in [2.05, 4.69) is 71.0 Å². The van der Waals surface area contributed by atoms with Crippen LogP contribution in [0.5, 0.6) is 0 Å². The van der Waals surface area contributed by atoms with Crippen LogP contribution in [0.3, 0.4) is 0 Å². The Bertz CT molecular complexity index is 1030. The van der Waals surface area contributed by atoms with Crippen LogP contribution in [0.1, 0.15) is 71.3 Å². The number of thiophene rings is 1. The number of carboxylic acids is 1. The summed E-state index contributed by atoms with van der Waals surface area (Å²) in [6.45, 7) is 11.2. The number of hydrogen-bond acceptors (Lipinski definition) is 3. The fourth-order valence-electron chi connectivity index (χ4n) is 3.99. The van der Waals surface area contributed by atoms with Gasteiger partial charge in [-0.3, -0.25) is 0 Å². The first-order chi connectivity index (χ1) is 15.1. The minimum atomic E-state index is -0.823. The number of aryl methyl sites for hydroxylation is 3. The largest absolute Gasteiger partial charge is 0.477 e. The minimum Gasteiger partial charge on any atom is -0.477 e. The van der Waals surface area contributed by atoms with Crippen LogP contribution >= 0.6 is 23.1 Å². The standard InChI is InChI=1S/C28H34O2S2/c1-19-17-24(31-16-8-6-7-9-23-14-15-25(32-23)27(29)30)18-20(2)26(19)21-10-12-22(13-11-21)28(3,4)5/h10-15,17-18H,6-9,16H2,1-5H3,(H,29,30). The highest BCUT2D eigenvalue weighted by molar-refractivity contribution is 7.99. The molecule has 32 heavy (non-hydrogen) atoms. The van der Waals surface area contributed by atoms with Crippen molar-refractivity contribution in [2.24, 2.45) is 0 Å². The summed E-state index contributed by atoms with van der Waals surface area (Å²) in [4.78, 5) is 13.9. The van der Waals surface area contributed by atoms with Crippen molar-refractivity contribution >= 4 is 29.1 Å². The van der Waals surface area contributed by atoms with E-state index in [9.17, 15) is 4.79 Å². The van der Waals surface area contributed by atoms with Gasteiger partial charge >= 0.3 is 5.97 Å². The second-order valence-electron chi connectivity index (χ2n) is 9.49. The maximum Gasteiger partial charge on any atom is 0.345 e. The summed E-state index contributed by atoms with van der Waals surface area (Å²) in [5.74, 6) is 0.291. The zero-order chi connectivity index (χ0) is 23.3. The summed E-state index contributed by atoms with van der Waals surface area (Å²) in [5, 5.41) is 9.02. The van der Waals surface area contributed by atoms with Gasteiger partial charge in [0.15, 0.2) is 0 Å². The average Bonchev–Trinajstić information content (AvgIpc) is 3.19. The Labute approximate surface area is 201 Å². The van der Waals surface area contributed by atoms with E-state index in [-0.39, 0.29) is 5.41 Å². The van der Waals surface area contributed by atoms with Gasteiger partial charge in [-0.05, 0) is 96.4 Å². The van der Waals surface area contributed by atoms with E-state index in [1.165, 1.54) is 61.8 Å². The summed E-state index contributed by atoms with van der Waals surface area (Å²) in [5.41, 5.74) is 6.86. The van der Waals surface area contributed by atoms with Crippen LogP contribution in [0.2, 0.25) is 0 Å². The van der Waals surface area contributed by atoms with Gasteiger partial charge in [0.25, 0.3) is 0 Å². The van der Waals surface area contributed by atoms with Crippen molar-refractivity contribution in [3.05, 3.63) is 75.0 Å². The Balaban J connectivity index is 1.51. The van der Waals surface area contributed by atoms with E-state index in [1.807, 2.05) is 17.8 Å². The van der Waals surface area contributed by atoms with Gasteiger partial charge in [-0.2, -0.15) is 0 Å². The Morgan fingerprint density at radius 3 is 2.16 bits per heavy atom. The van der Waals surface area contributed by atoms with Crippen molar-refractivity contribution in [1.29, 1.82) is 0 Å². The number of aromatic carboxylic acids is 1. The SMILES string of the molecule is Cc1cc(SCCCCCc2ccc(C(=O)O)s2)cc(C)c1-c1ccc(C(C)(C)C)cc1. The lowest BCUT2D eigenvalue weighted by Gasteiger charge is -2.20. The van der Waals surface area contributed by atoms with Crippen molar-refractivity contribution in [3.63, 3.8) is 0 Å². The first-order valence-corrected chi connectivity index (χ1v) is 13.1. The summed E-state index contributed by atoms with van der Waals surface area (Å²) < 4.78 is 0. The molecule has 1 aromatic heterocycles. The molecule has 1 N–H and O–H groups in total. The van der Waals surface area contributed by atoms with Crippen LogP contribution in [-0.2, 0) is 11.8 Å². The number of carboxylic acid groups (broad SMARTS) is 1. The van der Waals surface area contributed by atoms with Crippen molar-refractivity contribution in [1.82, 2.24) is 0 Å². The zero-order valence-corrected chi connectivity index (χ0v) is 21.5. The predicted octanol–water partition coefficient (Wildman–Crippen LogP) is 8.53. The fraction of sp³-hybridized carbons (Fsp3) is 0.393. The lowest BCUT2D eigenvalue weighted by atomic mass is 9.85. The number of rotatable bonds is 9. The molecule has 0 bridgehead atoms. The van der Waals surface area contributed by atoms with Gasteiger partial charge in [0.2, 0.25) is 0 Å². The van der Waals surface area contributed by atoms with E-state index in [1.54, 1.807) is 6.07 Å². The van der Waals surface area contributed by atoms with Gasteiger partial charge in [0.05, 0.1) is 0 Å². The smallest absolute Gasteiger partial charge is 0.345 e. The molecule has 0 saturated heterocycles. The summed E-state index contributed by atoms with van der Waals surface area (Å²) >= 11 is 3.34. The molecule has 0 aliphatic rings. The van der Waals surface area contributed by atoms with Gasteiger partial charge in [-0.25, -0.2) is 4.79 Å². The van der Waals surface area contributed by atoms with Crippen LogP contribution in [0.15, 0.2) is 53.4 Å². The molecule has 1 heterocycles. The van der Waals surface area contributed by atoms with Crippen molar-refractivity contribution < 1.29 is 9.90 Å². The molecule has 0 amide bonds. The fourth-order valence-corrected chi connectivity index (χ4v) is 5.99. The molecule has 2 nitrogen and oxygen atoms in total. The summed E-state index contributed by atoms with van der Waals surface area (Å²) in [6.07, 6.45) is 4.44. The summed E-state index contributed by atoms with van der Waals surface area (Å²) in [7, 11) is 0. The number of hydrogen-bond donors (Lipinski definition) is 1. The minimum absolute atomic E-state index is 0.175. The number of carbonyl (C=O) groups is 1. The average molecular weight is 467 g/mol. The first-order valence-electron chi connectivity index (χ1n) is 11.3. The highest BCUT2D eigenvalue weighted by Crippen LogP contribution is 2.33. The highest BCUT2D eigenvalue weighted by Gasteiger charge is 2.14. The molecule has 0 aliphatic heterocycles. The Hall–Kier alpha value is -2.04. The molecule has 0 saturated carbocycles. The molecular weight excluding hydrogens is 432 g/mol. The van der Waals surface area contributed by atoms with Gasteiger partial charge in [-0.1, -0.05) is 51.5 Å².